The van der Waals surface area contributed by atoms with Crippen LogP contribution in [0.25, 0.3) is 0 Å². The van der Waals surface area contributed by atoms with Gasteiger partial charge in [0, 0.05) is 25.6 Å². The molecule has 20 heavy (non-hydrogen) atoms. The second-order valence-corrected chi connectivity index (χ2v) is 6.15. The highest BCUT2D eigenvalue weighted by Crippen LogP contribution is 2.28. The Kier molecular flexibility index (Phi) is 4.81. The number of amides is 1. The van der Waals surface area contributed by atoms with Gasteiger partial charge in [0.25, 0.3) is 0 Å². The van der Waals surface area contributed by atoms with Crippen molar-refractivity contribution in [3.8, 4) is 0 Å². The number of hydrogen-bond acceptors (Lipinski definition) is 3. The van der Waals surface area contributed by atoms with Gasteiger partial charge in [-0.3, -0.25) is 9.59 Å². The Morgan fingerprint density at radius 2 is 2.20 bits per heavy atom. The van der Waals surface area contributed by atoms with E-state index < -0.39 is 5.97 Å². The minimum Gasteiger partial charge on any atom is -0.481 e. The van der Waals surface area contributed by atoms with E-state index in [1.807, 2.05) is 24.0 Å². The van der Waals surface area contributed by atoms with Crippen molar-refractivity contribution in [2.75, 3.05) is 13.1 Å². The molecule has 2 rings (SSSR count). The number of carbonyl (C=O) groups excluding carboxylic acids is 1. The average Bonchev–Trinajstić information content (AvgIpc) is 2.84. The zero-order chi connectivity index (χ0) is 14.7. The predicted octanol–water partition coefficient (Wildman–Crippen LogP) is 1.24. The van der Waals surface area contributed by atoms with E-state index in [0.717, 1.165) is 19.4 Å². The summed E-state index contributed by atoms with van der Waals surface area (Å²) in [6.45, 7) is 3.44. The lowest BCUT2D eigenvalue weighted by Crippen LogP contribution is -2.44. The van der Waals surface area contributed by atoms with Crippen LogP contribution in [0.5, 0.6) is 0 Å². The molecule has 0 aromatic carbocycles. The molecular formula is C15H24N2O3. The summed E-state index contributed by atoms with van der Waals surface area (Å²) in [5.41, 5.74) is 5.80. The first-order valence-corrected chi connectivity index (χ1v) is 7.42. The number of likely N-dealkylation sites (tertiary alicyclic amines) is 1. The third-order valence-corrected chi connectivity index (χ3v) is 4.50. The molecule has 1 fully saturated rings. The average molecular weight is 280 g/mol. The van der Waals surface area contributed by atoms with E-state index in [-0.39, 0.29) is 30.2 Å². The van der Waals surface area contributed by atoms with E-state index in [1.54, 1.807) is 0 Å². The normalized spacial score (nSPS) is 31.3. The number of aliphatic carboxylic acids is 1. The van der Waals surface area contributed by atoms with Crippen LogP contribution in [0.3, 0.4) is 0 Å². The molecular weight excluding hydrogens is 256 g/mol. The molecule has 0 saturated carbocycles. The third kappa shape index (κ3) is 3.60. The minimum atomic E-state index is -0.759. The first-order chi connectivity index (χ1) is 9.47. The first-order valence-electron chi connectivity index (χ1n) is 7.42. The number of hydrogen-bond donors (Lipinski definition) is 2. The molecule has 0 aromatic heterocycles. The maximum atomic E-state index is 12.4. The molecule has 0 bridgehead atoms. The monoisotopic (exact) mass is 280 g/mol. The van der Waals surface area contributed by atoms with Crippen LogP contribution < -0.4 is 5.73 Å². The fourth-order valence-corrected chi connectivity index (χ4v) is 3.26. The van der Waals surface area contributed by atoms with Crippen molar-refractivity contribution in [1.82, 2.24) is 4.90 Å². The van der Waals surface area contributed by atoms with Gasteiger partial charge in [-0.25, -0.2) is 0 Å². The summed E-state index contributed by atoms with van der Waals surface area (Å²) in [6, 6.07) is -0.00419. The lowest BCUT2D eigenvalue weighted by atomic mass is 9.84. The molecule has 2 aliphatic rings. The van der Waals surface area contributed by atoms with Crippen molar-refractivity contribution in [1.29, 1.82) is 0 Å². The maximum absolute atomic E-state index is 12.4. The second-order valence-electron chi connectivity index (χ2n) is 6.15. The van der Waals surface area contributed by atoms with E-state index in [9.17, 15) is 9.59 Å². The van der Waals surface area contributed by atoms with Crippen molar-refractivity contribution in [3.63, 3.8) is 0 Å². The standard InChI is InChI=1S/C15H24N2O3/c1-10(7-14(18)19)12-3-2-6-17(9-12)15(20)11-4-5-13(16)8-11/h4-5,10-13H,2-3,6-9,16H2,1H3,(H,18,19). The van der Waals surface area contributed by atoms with Gasteiger partial charge in [0.2, 0.25) is 5.91 Å². The minimum absolute atomic E-state index is 0.00419. The summed E-state index contributed by atoms with van der Waals surface area (Å²) in [7, 11) is 0. The summed E-state index contributed by atoms with van der Waals surface area (Å²) in [4.78, 5) is 25.2. The molecule has 1 heterocycles. The highest BCUT2D eigenvalue weighted by Gasteiger charge is 2.32. The Bertz CT molecular complexity index is 408. The Morgan fingerprint density at radius 3 is 2.80 bits per heavy atom. The van der Waals surface area contributed by atoms with Crippen LogP contribution in [0.15, 0.2) is 12.2 Å². The predicted molar refractivity (Wildman–Crippen MR) is 75.9 cm³/mol. The molecule has 112 valence electrons. The van der Waals surface area contributed by atoms with Crippen molar-refractivity contribution < 1.29 is 14.7 Å². The first kappa shape index (κ1) is 15.0. The van der Waals surface area contributed by atoms with Gasteiger partial charge in [0.15, 0.2) is 0 Å². The van der Waals surface area contributed by atoms with Crippen LogP contribution in [-0.2, 0) is 9.59 Å². The highest BCUT2D eigenvalue weighted by molar-refractivity contribution is 5.81. The number of carbonyl (C=O) groups is 2. The number of carboxylic acid groups (broad SMARTS) is 1. The van der Waals surface area contributed by atoms with Crippen LogP contribution >= 0.6 is 0 Å². The smallest absolute Gasteiger partial charge is 0.303 e. The molecule has 1 saturated heterocycles. The maximum Gasteiger partial charge on any atom is 0.303 e. The van der Waals surface area contributed by atoms with Gasteiger partial charge in [-0.1, -0.05) is 19.1 Å². The van der Waals surface area contributed by atoms with E-state index >= 15 is 0 Å². The quantitative estimate of drug-likeness (QED) is 0.759. The summed E-state index contributed by atoms with van der Waals surface area (Å²) in [6.07, 6.45) is 6.67. The summed E-state index contributed by atoms with van der Waals surface area (Å²) in [5.74, 6) is -0.280. The van der Waals surface area contributed by atoms with E-state index in [1.165, 1.54) is 0 Å². The number of nitrogens with two attached hydrogens (primary N) is 1. The zero-order valence-electron chi connectivity index (χ0n) is 12.0. The van der Waals surface area contributed by atoms with Gasteiger partial charge in [0.05, 0.1) is 5.92 Å². The topological polar surface area (TPSA) is 83.6 Å². The van der Waals surface area contributed by atoms with Gasteiger partial charge in [-0.05, 0) is 31.1 Å². The number of carboxylic acids is 1. The largest absolute Gasteiger partial charge is 0.481 e. The van der Waals surface area contributed by atoms with Crippen molar-refractivity contribution in [2.24, 2.45) is 23.5 Å². The van der Waals surface area contributed by atoms with Gasteiger partial charge >= 0.3 is 5.97 Å². The molecule has 1 amide bonds. The molecule has 3 N–H and O–H groups in total. The van der Waals surface area contributed by atoms with E-state index in [0.29, 0.717) is 18.9 Å². The molecule has 0 radical (unpaired) electrons. The molecule has 5 heteroatoms. The fourth-order valence-electron chi connectivity index (χ4n) is 3.26. The van der Waals surface area contributed by atoms with Gasteiger partial charge in [-0.2, -0.15) is 0 Å². The third-order valence-electron chi connectivity index (χ3n) is 4.50. The summed E-state index contributed by atoms with van der Waals surface area (Å²) < 4.78 is 0. The molecule has 0 spiro atoms. The van der Waals surface area contributed by atoms with E-state index in [4.69, 9.17) is 10.8 Å². The number of nitrogens with zero attached hydrogens (tertiary/aromatic N) is 1. The Labute approximate surface area is 119 Å². The van der Waals surface area contributed by atoms with Crippen LogP contribution in [0.1, 0.15) is 32.6 Å². The Balaban J connectivity index is 1.91. The molecule has 4 unspecified atom stereocenters. The van der Waals surface area contributed by atoms with Crippen molar-refractivity contribution >= 4 is 11.9 Å². The van der Waals surface area contributed by atoms with Gasteiger partial charge in [-0.15, -0.1) is 0 Å². The Morgan fingerprint density at radius 1 is 1.45 bits per heavy atom. The van der Waals surface area contributed by atoms with Crippen LogP contribution in [0.2, 0.25) is 0 Å². The van der Waals surface area contributed by atoms with Crippen LogP contribution in [0, 0.1) is 17.8 Å². The van der Waals surface area contributed by atoms with E-state index in [2.05, 4.69) is 0 Å². The number of piperidine rings is 1. The van der Waals surface area contributed by atoms with Crippen LogP contribution in [0.4, 0.5) is 0 Å². The molecule has 4 atom stereocenters. The number of rotatable bonds is 4. The highest BCUT2D eigenvalue weighted by atomic mass is 16.4. The second kappa shape index (κ2) is 6.39. The SMILES string of the molecule is CC(CC(=O)O)C1CCCN(C(=O)C2C=CC(N)C2)C1. The lowest BCUT2D eigenvalue weighted by molar-refractivity contribution is -0.139. The summed E-state index contributed by atoms with van der Waals surface area (Å²) >= 11 is 0. The summed E-state index contributed by atoms with van der Waals surface area (Å²) in [5, 5.41) is 8.89. The van der Waals surface area contributed by atoms with Gasteiger partial charge < -0.3 is 15.7 Å². The Hall–Kier alpha value is -1.36. The van der Waals surface area contributed by atoms with Crippen molar-refractivity contribution in [2.45, 2.75) is 38.6 Å². The fraction of sp³-hybridized carbons (Fsp3) is 0.733. The van der Waals surface area contributed by atoms with Crippen LogP contribution in [-0.4, -0.2) is 41.0 Å². The lowest BCUT2D eigenvalue weighted by Gasteiger charge is -2.36. The zero-order valence-corrected chi connectivity index (χ0v) is 12.0. The van der Waals surface area contributed by atoms with Crippen molar-refractivity contribution in [3.05, 3.63) is 12.2 Å². The molecule has 0 aromatic rings. The molecule has 5 nitrogen and oxygen atoms in total. The van der Waals surface area contributed by atoms with Gasteiger partial charge in [0.1, 0.15) is 0 Å². The molecule has 1 aliphatic carbocycles. The molecule has 1 aliphatic heterocycles.